The molecule has 102 valence electrons. The van der Waals surface area contributed by atoms with Crippen LogP contribution in [0.5, 0.6) is 0 Å². The number of hydrogen-bond donors (Lipinski definition) is 2. The lowest BCUT2D eigenvalue weighted by atomic mass is 9.78. The van der Waals surface area contributed by atoms with Gasteiger partial charge in [-0.2, -0.15) is 0 Å². The lowest BCUT2D eigenvalue weighted by Gasteiger charge is -2.27. The first kappa shape index (κ1) is 13.4. The van der Waals surface area contributed by atoms with E-state index in [-0.39, 0.29) is 11.8 Å². The van der Waals surface area contributed by atoms with Crippen LogP contribution in [0.15, 0.2) is 0 Å². The van der Waals surface area contributed by atoms with Crippen molar-refractivity contribution >= 4 is 11.9 Å². The van der Waals surface area contributed by atoms with E-state index in [1.165, 1.54) is 12.8 Å². The van der Waals surface area contributed by atoms with Crippen LogP contribution in [0.1, 0.15) is 45.4 Å². The summed E-state index contributed by atoms with van der Waals surface area (Å²) in [5.74, 6) is -0.356. The molecule has 2 aliphatic rings. The van der Waals surface area contributed by atoms with Crippen molar-refractivity contribution in [3.05, 3.63) is 0 Å². The minimum atomic E-state index is -0.815. The van der Waals surface area contributed by atoms with E-state index >= 15 is 0 Å². The molecule has 0 aromatic carbocycles. The summed E-state index contributed by atoms with van der Waals surface area (Å²) in [5, 5.41) is 12.1. The monoisotopic (exact) mass is 253 g/mol. The summed E-state index contributed by atoms with van der Waals surface area (Å²) in [7, 11) is 0. The Balaban J connectivity index is 1.83. The van der Waals surface area contributed by atoms with Gasteiger partial charge in [0.1, 0.15) is 0 Å². The highest BCUT2D eigenvalue weighted by atomic mass is 16.4. The maximum Gasteiger partial charge on any atom is 0.307 e. The number of aliphatic carboxylic acids is 1. The van der Waals surface area contributed by atoms with Gasteiger partial charge in [0.25, 0.3) is 0 Å². The van der Waals surface area contributed by atoms with Gasteiger partial charge in [-0.05, 0) is 37.5 Å². The first-order valence-electron chi connectivity index (χ1n) is 7.10. The number of amides is 1. The third-order valence-corrected chi connectivity index (χ3v) is 4.44. The Morgan fingerprint density at radius 1 is 1.17 bits per heavy atom. The summed E-state index contributed by atoms with van der Waals surface area (Å²) in [5.41, 5.74) is 0. The number of carboxylic acid groups (broad SMARTS) is 1. The molecule has 18 heavy (non-hydrogen) atoms. The second kappa shape index (κ2) is 5.72. The van der Waals surface area contributed by atoms with Gasteiger partial charge < -0.3 is 10.4 Å². The molecule has 2 aliphatic carbocycles. The van der Waals surface area contributed by atoms with Crippen LogP contribution in [0, 0.1) is 23.7 Å². The fourth-order valence-corrected chi connectivity index (χ4v) is 2.96. The first-order chi connectivity index (χ1) is 8.59. The van der Waals surface area contributed by atoms with E-state index in [9.17, 15) is 9.59 Å². The zero-order valence-electron chi connectivity index (χ0n) is 11.0. The van der Waals surface area contributed by atoms with Gasteiger partial charge >= 0.3 is 5.97 Å². The number of carbonyl (C=O) groups is 2. The van der Waals surface area contributed by atoms with Crippen LogP contribution < -0.4 is 5.32 Å². The molecule has 3 atom stereocenters. The number of carboxylic acids is 1. The topological polar surface area (TPSA) is 66.4 Å². The van der Waals surface area contributed by atoms with Crippen LogP contribution in [0.3, 0.4) is 0 Å². The Morgan fingerprint density at radius 3 is 2.33 bits per heavy atom. The molecule has 0 saturated heterocycles. The van der Waals surface area contributed by atoms with Crippen molar-refractivity contribution in [3.8, 4) is 0 Å². The van der Waals surface area contributed by atoms with Crippen molar-refractivity contribution in [1.82, 2.24) is 5.32 Å². The number of carbonyl (C=O) groups excluding carboxylic acids is 1. The third kappa shape index (κ3) is 3.24. The molecule has 0 radical (unpaired) electrons. The van der Waals surface area contributed by atoms with Crippen molar-refractivity contribution in [2.24, 2.45) is 23.7 Å². The summed E-state index contributed by atoms with van der Waals surface area (Å²) >= 11 is 0. The molecule has 1 unspecified atom stereocenters. The maximum absolute atomic E-state index is 12.1. The molecule has 0 aromatic heterocycles. The fourth-order valence-electron chi connectivity index (χ4n) is 2.96. The molecule has 2 N–H and O–H groups in total. The molecule has 2 rings (SSSR count). The van der Waals surface area contributed by atoms with Crippen molar-refractivity contribution in [2.45, 2.75) is 45.4 Å². The largest absolute Gasteiger partial charge is 0.481 e. The van der Waals surface area contributed by atoms with E-state index in [0.29, 0.717) is 18.9 Å². The highest BCUT2D eigenvalue weighted by Crippen LogP contribution is 2.36. The van der Waals surface area contributed by atoms with E-state index in [1.807, 2.05) is 0 Å². The van der Waals surface area contributed by atoms with Gasteiger partial charge in [0.15, 0.2) is 0 Å². The predicted molar refractivity (Wildman–Crippen MR) is 68.0 cm³/mol. The van der Waals surface area contributed by atoms with Crippen LogP contribution >= 0.6 is 0 Å². The van der Waals surface area contributed by atoms with E-state index in [1.54, 1.807) is 0 Å². The minimum Gasteiger partial charge on any atom is -0.481 e. The average molecular weight is 253 g/mol. The molecule has 2 saturated carbocycles. The van der Waals surface area contributed by atoms with Crippen molar-refractivity contribution in [1.29, 1.82) is 0 Å². The minimum absolute atomic E-state index is 0.0467. The van der Waals surface area contributed by atoms with Gasteiger partial charge in [-0.25, -0.2) is 0 Å². The van der Waals surface area contributed by atoms with E-state index in [2.05, 4.69) is 12.2 Å². The van der Waals surface area contributed by atoms with Crippen LogP contribution in [0.25, 0.3) is 0 Å². The highest BCUT2D eigenvalue weighted by Gasteiger charge is 2.36. The van der Waals surface area contributed by atoms with Crippen molar-refractivity contribution in [2.75, 3.05) is 6.54 Å². The van der Waals surface area contributed by atoms with Crippen molar-refractivity contribution in [3.63, 3.8) is 0 Å². The number of nitrogens with one attached hydrogen (secondary N) is 1. The molecular weight excluding hydrogens is 230 g/mol. The molecular formula is C14H23NO3. The van der Waals surface area contributed by atoms with Gasteiger partial charge in [0, 0.05) is 6.54 Å². The Morgan fingerprint density at radius 2 is 1.78 bits per heavy atom. The van der Waals surface area contributed by atoms with E-state index in [0.717, 1.165) is 25.2 Å². The molecule has 4 heteroatoms. The quantitative estimate of drug-likeness (QED) is 0.788. The SMILES string of the molecule is CC(CNC(=O)[C@@H]1CCCC[C@@H]1C(=O)O)C1CC1. The summed E-state index contributed by atoms with van der Waals surface area (Å²) in [6, 6.07) is 0. The van der Waals surface area contributed by atoms with Gasteiger partial charge in [-0.1, -0.05) is 19.8 Å². The fraction of sp³-hybridized carbons (Fsp3) is 0.857. The molecule has 1 amide bonds. The lowest BCUT2D eigenvalue weighted by Crippen LogP contribution is -2.41. The Bertz CT molecular complexity index is 325. The molecule has 0 aliphatic heterocycles. The second-order valence-electron chi connectivity index (χ2n) is 5.90. The number of hydrogen-bond acceptors (Lipinski definition) is 2. The Hall–Kier alpha value is -1.06. The van der Waals surface area contributed by atoms with E-state index < -0.39 is 11.9 Å². The molecule has 2 fully saturated rings. The average Bonchev–Trinajstić information content (AvgIpc) is 3.19. The summed E-state index contributed by atoms with van der Waals surface area (Å²) in [4.78, 5) is 23.2. The molecule has 0 spiro atoms. The Kier molecular flexibility index (Phi) is 4.25. The summed E-state index contributed by atoms with van der Waals surface area (Å²) in [6.07, 6.45) is 5.82. The summed E-state index contributed by atoms with van der Waals surface area (Å²) in [6.45, 7) is 2.86. The Labute approximate surface area is 108 Å². The zero-order valence-corrected chi connectivity index (χ0v) is 11.0. The van der Waals surface area contributed by atoms with Crippen molar-refractivity contribution < 1.29 is 14.7 Å². The molecule has 4 nitrogen and oxygen atoms in total. The van der Waals surface area contributed by atoms with Gasteiger partial charge in [-0.15, -0.1) is 0 Å². The zero-order chi connectivity index (χ0) is 13.1. The normalized spacial score (nSPS) is 29.6. The first-order valence-corrected chi connectivity index (χ1v) is 7.10. The van der Waals surface area contributed by atoms with Crippen LogP contribution in [-0.2, 0) is 9.59 Å². The van der Waals surface area contributed by atoms with Gasteiger partial charge in [-0.3, -0.25) is 9.59 Å². The second-order valence-corrected chi connectivity index (χ2v) is 5.90. The van der Waals surface area contributed by atoms with Crippen LogP contribution in [-0.4, -0.2) is 23.5 Å². The van der Waals surface area contributed by atoms with Gasteiger partial charge in [0.2, 0.25) is 5.91 Å². The smallest absolute Gasteiger partial charge is 0.307 e. The highest BCUT2D eigenvalue weighted by molar-refractivity contribution is 5.84. The third-order valence-electron chi connectivity index (χ3n) is 4.44. The molecule has 0 heterocycles. The lowest BCUT2D eigenvalue weighted by molar-refractivity contribution is -0.148. The number of rotatable bonds is 5. The van der Waals surface area contributed by atoms with Crippen LogP contribution in [0.2, 0.25) is 0 Å². The summed E-state index contributed by atoms with van der Waals surface area (Å²) < 4.78 is 0. The maximum atomic E-state index is 12.1. The molecule has 0 bridgehead atoms. The standard InChI is InChI=1S/C14H23NO3/c1-9(10-6-7-10)8-15-13(16)11-4-2-3-5-12(11)14(17)18/h9-12H,2-8H2,1H3,(H,15,16)(H,17,18)/t9?,11-,12+/m1/s1. The molecule has 0 aromatic rings. The van der Waals surface area contributed by atoms with Gasteiger partial charge in [0.05, 0.1) is 11.8 Å². The van der Waals surface area contributed by atoms with E-state index in [4.69, 9.17) is 5.11 Å². The van der Waals surface area contributed by atoms with Crippen LogP contribution in [0.4, 0.5) is 0 Å². The predicted octanol–water partition coefficient (Wildman–Crippen LogP) is 2.04.